The number of piperidine rings is 1. The molecule has 1 fully saturated rings. The first kappa shape index (κ1) is 21.2. The number of hydrogen-bond acceptors (Lipinski definition) is 4. The lowest BCUT2D eigenvalue weighted by molar-refractivity contribution is 0.0453. The monoisotopic (exact) mass is 422 g/mol. The smallest absolute Gasteiger partial charge is 0.409 e. The Balaban J connectivity index is 1.36. The van der Waals surface area contributed by atoms with Gasteiger partial charge in [0.15, 0.2) is 0 Å². The lowest BCUT2D eigenvalue weighted by Gasteiger charge is -2.33. The molecule has 2 aromatic rings. The highest BCUT2D eigenvalue weighted by atomic mass is 16.6. The Labute approximate surface area is 183 Å². The summed E-state index contributed by atoms with van der Waals surface area (Å²) in [5, 5.41) is 2.87. The number of nitrogens with zero attached hydrogens (tertiary/aromatic N) is 1. The first-order valence-electron chi connectivity index (χ1n) is 10.9. The molecule has 1 unspecified atom stereocenters. The number of likely N-dealkylation sites (tertiary alicyclic amines) is 1. The van der Waals surface area contributed by atoms with E-state index in [1.807, 2.05) is 45.0 Å². The summed E-state index contributed by atoms with van der Waals surface area (Å²) in [6, 6.07) is 16.4. The van der Waals surface area contributed by atoms with Crippen molar-refractivity contribution < 1.29 is 19.1 Å². The summed E-state index contributed by atoms with van der Waals surface area (Å²) in [5.41, 5.74) is 4.25. The van der Waals surface area contributed by atoms with Gasteiger partial charge in [-0.2, -0.15) is 0 Å². The summed E-state index contributed by atoms with van der Waals surface area (Å²) in [6.45, 7) is 6.84. The molecule has 2 aliphatic rings. The number of carbonyl (C=O) groups is 2. The van der Waals surface area contributed by atoms with Crippen LogP contribution in [0, 0.1) is 0 Å². The van der Waals surface area contributed by atoms with Crippen LogP contribution >= 0.6 is 0 Å². The summed E-state index contributed by atoms with van der Waals surface area (Å²) in [5.74, 6) is 0.0387. The van der Waals surface area contributed by atoms with E-state index in [2.05, 4.69) is 29.6 Å². The Kier molecular flexibility index (Phi) is 5.90. The van der Waals surface area contributed by atoms with E-state index in [0.29, 0.717) is 19.7 Å². The number of benzene rings is 2. The van der Waals surface area contributed by atoms with Crippen LogP contribution in [0.5, 0.6) is 0 Å². The number of nitrogens with one attached hydrogen (secondary N) is 1. The van der Waals surface area contributed by atoms with Gasteiger partial charge in [-0.3, -0.25) is 0 Å². The number of alkyl carbamates (subject to hydrolysis) is 1. The van der Waals surface area contributed by atoms with Gasteiger partial charge in [0.2, 0.25) is 0 Å². The van der Waals surface area contributed by atoms with E-state index in [1.165, 1.54) is 22.3 Å². The molecule has 164 valence electrons. The molecule has 31 heavy (non-hydrogen) atoms. The molecule has 0 spiro atoms. The third-order valence-corrected chi connectivity index (χ3v) is 5.74. The van der Waals surface area contributed by atoms with Crippen LogP contribution in [-0.4, -0.2) is 48.4 Å². The molecular formula is C25H30N2O4. The Morgan fingerprint density at radius 1 is 1.03 bits per heavy atom. The maximum atomic E-state index is 12.8. The molecule has 0 saturated carbocycles. The van der Waals surface area contributed by atoms with Crippen LogP contribution in [0.1, 0.15) is 50.7 Å². The highest BCUT2D eigenvalue weighted by Gasteiger charge is 2.31. The average molecular weight is 423 g/mol. The highest BCUT2D eigenvalue weighted by Crippen LogP contribution is 2.44. The molecule has 4 rings (SSSR count). The second-order valence-electron chi connectivity index (χ2n) is 9.24. The lowest BCUT2D eigenvalue weighted by atomic mass is 9.98. The normalized spacial score (nSPS) is 18.2. The molecule has 1 N–H and O–H groups in total. The summed E-state index contributed by atoms with van der Waals surface area (Å²) in [6.07, 6.45) is 0.835. The zero-order valence-corrected chi connectivity index (χ0v) is 18.4. The standard InChI is InChI=1S/C25H30N2O4/c1-25(2,3)31-23(28)26-17-9-8-14-27(15-17)24(29)30-16-22-20-12-6-4-10-18(20)19-11-5-7-13-21(19)22/h4-7,10-13,17,22H,8-9,14-16H2,1-3H3,(H,26,28). The molecule has 1 heterocycles. The first-order valence-corrected chi connectivity index (χ1v) is 10.9. The number of ether oxygens (including phenoxy) is 2. The van der Waals surface area contributed by atoms with Gasteiger partial charge in [-0.05, 0) is 55.9 Å². The fourth-order valence-corrected chi connectivity index (χ4v) is 4.42. The van der Waals surface area contributed by atoms with Gasteiger partial charge in [-0.25, -0.2) is 9.59 Å². The molecule has 0 aromatic heterocycles. The van der Waals surface area contributed by atoms with Gasteiger partial charge in [0.05, 0.1) is 0 Å². The second kappa shape index (κ2) is 8.61. The van der Waals surface area contributed by atoms with E-state index < -0.39 is 11.7 Å². The fraction of sp³-hybridized carbons (Fsp3) is 0.440. The second-order valence-corrected chi connectivity index (χ2v) is 9.24. The van der Waals surface area contributed by atoms with Crippen LogP contribution in [0.15, 0.2) is 48.5 Å². The molecule has 1 aliphatic heterocycles. The minimum atomic E-state index is -0.550. The third-order valence-electron chi connectivity index (χ3n) is 5.74. The van der Waals surface area contributed by atoms with Crippen molar-refractivity contribution in [3.63, 3.8) is 0 Å². The van der Waals surface area contributed by atoms with Crippen LogP contribution in [0.4, 0.5) is 9.59 Å². The summed E-state index contributed by atoms with van der Waals surface area (Å²) in [4.78, 5) is 26.5. The number of amides is 2. The van der Waals surface area contributed by atoms with Gasteiger partial charge in [0.25, 0.3) is 0 Å². The van der Waals surface area contributed by atoms with E-state index in [-0.39, 0.29) is 18.1 Å². The molecule has 1 saturated heterocycles. The Morgan fingerprint density at radius 3 is 2.26 bits per heavy atom. The van der Waals surface area contributed by atoms with Crippen molar-refractivity contribution in [2.45, 2.75) is 51.2 Å². The molecular weight excluding hydrogens is 392 g/mol. The molecule has 1 atom stereocenters. The predicted molar refractivity (Wildman–Crippen MR) is 119 cm³/mol. The Morgan fingerprint density at radius 2 is 1.65 bits per heavy atom. The largest absolute Gasteiger partial charge is 0.448 e. The van der Waals surface area contributed by atoms with Gasteiger partial charge in [0.1, 0.15) is 12.2 Å². The number of carbonyl (C=O) groups excluding carboxylic acids is 2. The summed E-state index contributed by atoms with van der Waals surface area (Å²) >= 11 is 0. The van der Waals surface area contributed by atoms with E-state index in [0.717, 1.165) is 12.8 Å². The van der Waals surface area contributed by atoms with Crippen molar-refractivity contribution in [3.8, 4) is 11.1 Å². The van der Waals surface area contributed by atoms with Gasteiger partial charge >= 0.3 is 12.2 Å². The molecule has 0 radical (unpaired) electrons. The van der Waals surface area contributed by atoms with Crippen LogP contribution < -0.4 is 5.32 Å². The van der Waals surface area contributed by atoms with Gasteiger partial charge in [0, 0.05) is 25.0 Å². The van der Waals surface area contributed by atoms with E-state index in [4.69, 9.17) is 9.47 Å². The van der Waals surface area contributed by atoms with E-state index in [9.17, 15) is 9.59 Å². The van der Waals surface area contributed by atoms with Crippen LogP contribution in [0.3, 0.4) is 0 Å². The van der Waals surface area contributed by atoms with Crippen molar-refractivity contribution in [1.29, 1.82) is 0 Å². The maximum Gasteiger partial charge on any atom is 0.409 e. The van der Waals surface area contributed by atoms with Crippen molar-refractivity contribution in [2.24, 2.45) is 0 Å². The molecule has 6 nitrogen and oxygen atoms in total. The van der Waals surface area contributed by atoms with E-state index >= 15 is 0 Å². The van der Waals surface area contributed by atoms with Gasteiger partial charge in [-0.1, -0.05) is 48.5 Å². The van der Waals surface area contributed by atoms with Crippen molar-refractivity contribution in [3.05, 3.63) is 59.7 Å². The van der Waals surface area contributed by atoms with E-state index in [1.54, 1.807) is 4.90 Å². The van der Waals surface area contributed by atoms with Crippen molar-refractivity contribution >= 4 is 12.2 Å². The zero-order valence-electron chi connectivity index (χ0n) is 18.4. The van der Waals surface area contributed by atoms with Crippen LogP contribution in [0.2, 0.25) is 0 Å². The molecule has 2 aromatic carbocycles. The molecule has 1 aliphatic carbocycles. The quantitative estimate of drug-likeness (QED) is 0.762. The van der Waals surface area contributed by atoms with Crippen molar-refractivity contribution in [2.75, 3.05) is 19.7 Å². The predicted octanol–water partition coefficient (Wildman–Crippen LogP) is 4.92. The number of rotatable bonds is 3. The molecule has 0 bridgehead atoms. The summed E-state index contributed by atoms with van der Waals surface area (Å²) < 4.78 is 11.1. The van der Waals surface area contributed by atoms with Crippen LogP contribution in [0.25, 0.3) is 11.1 Å². The molecule has 2 amide bonds. The molecule has 6 heteroatoms. The minimum absolute atomic E-state index is 0.0387. The Hall–Kier alpha value is -3.02. The van der Waals surface area contributed by atoms with Crippen molar-refractivity contribution in [1.82, 2.24) is 10.2 Å². The van der Waals surface area contributed by atoms with Gasteiger partial charge in [-0.15, -0.1) is 0 Å². The van der Waals surface area contributed by atoms with Crippen LogP contribution in [-0.2, 0) is 9.47 Å². The SMILES string of the molecule is CC(C)(C)OC(=O)NC1CCCN(C(=O)OCC2c3ccccc3-c3ccccc32)C1. The minimum Gasteiger partial charge on any atom is -0.448 e. The lowest BCUT2D eigenvalue weighted by Crippen LogP contribution is -2.50. The summed E-state index contributed by atoms with van der Waals surface area (Å²) in [7, 11) is 0. The topological polar surface area (TPSA) is 67.9 Å². The van der Waals surface area contributed by atoms with Gasteiger partial charge < -0.3 is 19.7 Å². The average Bonchev–Trinajstić information content (AvgIpc) is 3.04. The first-order chi connectivity index (χ1) is 14.8. The third kappa shape index (κ3) is 4.84. The maximum absolute atomic E-state index is 12.8. The number of hydrogen-bond donors (Lipinski definition) is 1. The number of fused-ring (bicyclic) bond motifs is 3. The Bertz CT molecular complexity index is 920. The highest BCUT2D eigenvalue weighted by molar-refractivity contribution is 5.79. The fourth-order valence-electron chi connectivity index (χ4n) is 4.42. The zero-order chi connectivity index (χ0) is 22.0.